The average Bonchev–Trinajstić information content (AvgIpc) is 2.21. The molecule has 1 heteroatoms. The largest absolute Gasteiger partial charge is 0.374 e. The third kappa shape index (κ3) is 0.744. The molecule has 1 fully saturated rings. The zero-order valence-corrected chi connectivity index (χ0v) is 4.02. The third-order valence-electron chi connectivity index (χ3n) is 0.842. The van der Waals surface area contributed by atoms with Gasteiger partial charge in [0, 0.05) is 13.1 Å². The van der Waals surface area contributed by atoms with E-state index < -0.39 is 0 Å². The lowest BCUT2D eigenvalue weighted by Gasteiger charge is -1.81. The van der Waals surface area contributed by atoms with E-state index in [0.29, 0.717) is 0 Å². The highest BCUT2D eigenvalue weighted by molar-refractivity contribution is 4.87. The summed E-state index contributed by atoms with van der Waals surface area (Å²) in [6.45, 7) is 4.58. The molecule has 0 atom stereocenters. The summed E-state index contributed by atoms with van der Waals surface area (Å²) < 4.78 is 0. The summed E-state index contributed by atoms with van der Waals surface area (Å²) in [7, 11) is 0. The lowest BCUT2D eigenvalue weighted by atomic mass is 10.7. The fraction of sp³-hybridized carbons (Fsp3) is 0.600. The van der Waals surface area contributed by atoms with Gasteiger partial charge in [0.1, 0.15) is 0 Å². The Morgan fingerprint density at radius 1 is 1.50 bits per heavy atom. The highest BCUT2D eigenvalue weighted by Crippen LogP contribution is 2.01. The summed E-state index contributed by atoms with van der Waals surface area (Å²) >= 11 is 0. The molecular formula is C5H9N. The molecule has 34 valence electrons. The molecule has 1 nitrogen and oxygen atoms in total. The van der Waals surface area contributed by atoms with Crippen LogP contribution in [-0.4, -0.2) is 18.0 Å². The molecule has 0 aromatic carbocycles. The van der Waals surface area contributed by atoms with Gasteiger partial charge >= 0.3 is 0 Å². The normalized spacial score (nSPS) is 19.8. The third-order valence-corrected chi connectivity index (χ3v) is 0.842. The van der Waals surface area contributed by atoms with Crippen LogP contribution in [-0.2, 0) is 0 Å². The van der Waals surface area contributed by atoms with E-state index in [9.17, 15) is 0 Å². The molecule has 1 saturated heterocycles. The predicted molar refractivity (Wildman–Crippen MR) is 26.4 cm³/mol. The summed E-state index contributed by atoms with van der Waals surface area (Å²) in [4.78, 5) is 2.25. The van der Waals surface area contributed by atoms with Crippen LogP contribution in [0, 0.1) is 0 Å². The summed E-state index contributed by atoms with van der Waals surface area (Å²) in [6, 6.07) is 0. The lowest BCUT2D eigenvalue weighted by Crippen LogP contribution is -1.75. The monoisotopic (exact) mass is 83.1 g/mol. The van der Waals surface area contributed by atoms with Crippen LogP contribution in [0.5, 0.6) is 0 Å². The van der Waals surface area contributed by atoms with Gasteiger partial charge in [-0.15, -0.1) is 0 Å². The average molecular weight is 83.1 g/mol. The van der Waals surface area contributed by atoms with Gasteiger partial charge in [-0.2, -0.15) is 0 Å². The molecule has 1 aliphatic rings. The maximum Gasteiger partial charge on any atom is 0.0349 e. The van der Waals surface area contributed by atoms with Gasteiger partial charge in [-0.05, 0) is 13.1 Å². The van der Waals surface area contributed by atoms with Crippen molar-refractivity contribution >= 4 is 0 Å². The van der Waals surface area contributed by atoms with Crippen LogP contribution in [0.4, 0.5) is 0 Å². The minimum atomic E-state index is 1.27. The highest BCUT2D eigenvalue weighted by atomic mass is 15.2. The smallest absolute Gasteiger partial charge is 0.0349 e. The second-order valence-electron chi connectivity index (χ2n) is 1.52. The van der Waals surface area contributed by atoms with E-state index in [1.807, 2.05) is 6.92 Å². The standard InChI is InChI=1S/C5H9N/c1-2-3-6-4-5-6/h2-3H,4-5H2,1H3/b3-2-. The van der Waals surface area contributed by atoms with Crippen molar-refractivity contribution in [3.8, 4) is 0 Å². The second-order valence-corrected chi connectivity index (χ2v) is 1.52. The van der Waals surface area contributed by atoms with Crippen molar-refractivity contribution in [2.24, 2.45) is 0 Å². The molecule has 0 N–H and O–H groups in total. The molecule has 0 bridgehead atoms. The first-order valence-corrected chi connectivity index (χ1v) is 2.30. The molecule has 1 rings (SSSR count). The molecule has 0 aromatic rings. The van der Waals surface area contributed by atoms with Gasteiger partial charge in [0.2, 0.25) is 0 Å². The van der Waals surface area contributed by atoms with Crippen LogP contribution in [0.2, 0.25) is 0 Å². The Balaban J connectivity index is 2.15. The Bertz CT molecular complexity index is 62.3. The molecule has 0 unspecified atom stereocenters. The molecule has 0 radical (unpaired) electrons. The SMILES string of the molecule is C/C=C\N1CC1. The fourth-order valence-corrected chi connectivity index (χ4v) is 0.418. The maximum absolute atomic E-state index is 2.25. The van der Waals surface area contributed by atoms with Crippen LogP contribution in [0.1, 0.15) is 6.92 Å². The molecule has 0 saturated carbocycles. The first-order valence-electron chi connectivity index (χ1n) is 2.30. The number of rotatable bonds is 1. The topological polar surface area (TPSA) is 3.01 Å². The van der Waals surface area contributed by atoms with Gasteiger partial charge in [0.05, 0.1) is 0 Å². The van der Waals surface area contributed by atoms with Gasteiger partial charge < -0.3 is 4.90 Å². The van der Waals surface area contributed by atoms with Crippen molar-refractivity contribution in [3.05, 3.63) is 12.3 Å². The zero-order chi connectivity index (χ0) is 4.41. The zero-order valence-electron chi connectivity index (χ0n) is 4.02. The van der Waals surface area contributed by atoms with Crippen LogP contribution in [0.15, 0.2) is 12.3 Å². The number of allylic oxidation sites excluding steroid dienone is 1. The molecular weight excluding hydrogens is 74.1 g/mol. The van der Waals surface area contributed by atoms with Crippen molar-refractivity contribution in [1.29, 1.82) is 0 Å². The summed E-state index contributed by atoms with van der Waals surface area (Å²) in [5.74, 6) is 0. The van der Waals surface area contributed by atoms with Gasteiger partial charge in [-0.3, -0.25) is 0 Å². The number of nitrogens with zero attached hydrogens (tertiary/aromatic N) is 1. The fourth-order valence-electron chi connectivity index (χ4n) is 0.418. The van der Waals surface area contributed by atoms with Crippen molar-refractivity contribution < 1.29 is 0 Å². The number of hydrogen-bond donors (Lipinski definition) is 0. The van der Waals surface area contributed by atoms with Gasteiger partial charge in [0.15, 0.2) is 0 Å². The van der Waals surface area contributed by atoms with Crippen LogP contribution >= 0.6 is 0 Å². The van der Waals surface area contributed by atoms with E-state index in [-0.39, 0.29) is 0 Å². The Morgan fingerprint density at radius 3 is 2.33 bits per heavy atom. The quantitative estimate of drug-likeness (QED) is 0.424. The highest BCUT2D eigenvalue weighted by Gasteiger charge is 2.09. The van der Waals surface area contributed by atoms with E-state index in [2.05, 4.69) is 17.2 Å². The molecule has 6 heavy (non-hydrogen) atoms. The van der Waals surface area contributed by atoms with Crippen molar-refractivity contribution in [2.45, 2.75) is 6.92 Å². The molecule has 1 aliphatic heterocycles. The first-order chi connectivity index (χ1) is 2.93. The lowest BCUT2D eigenvalue weighted by molar-refractivity contribution is 0.771. The summed E-state index contributed by atoms with van der Waals surface area (Å²) in [5, 5.41) is 0. The minimum absolute atomic E-state index is 1.27. The van der Waals surface area contributed by atoms with Crippen molar-refractivity contribution in [2.75, 3.05) is 13.1 Å². The first kappa shape index (κ1) is 3.72. The van der Waals surface area contributed by atoms with Crippen LogP contribution in [0.25, 0.3) is 0 Å². The van der Waals surface area contributed by atoms with Crippen LogP contribution in [0.3, 0.4) is 0 Å². The Labute approximate surface area is 38.3 Å². The molecule has 0 amide bonds. The maximum atomic E-state index is 2.25. The van der Waals surface area contributed by atoms with Crippen molar-refractivity contribution in [3.63, 3.8) is 0 Å². The Hall–Kier alpha value is -0.460. The van der Waals surface area contributed by atoms with Gasteiger partial charge in [0.25, 0.3) is 0 Å². The molecule has 1 heterocycles. The molecule has 0 aromatic heterocycles. The second kappa shape index (κ2) is 1.33. The summed E-state index contributed by atoms with van der Waals surface area (Å²) in [5.41, 5.74) is 0. The van der Waals surface area contributed by atoms with E-state index in [1.54, 1.807) is 0 Å². The molecule has 0 aliphatic carbocycles. The van der Waals surface area contributed by atoms with E-state index in [4.69, 9.17) is 0 Å². The van der Waals surface area contributed by atoms with E-state index in [1.165, 1.54) is 13.1 Å². The number of hydrogen-bond acceptors (Lipinski definition) is 1. The van der Waals surface area contributed by atoms with Gasteiger partial charge in [-0.1, -0.05) is 6.08 Å². The van der Waals surface area contributed by atoms with Crippen LogP contribution < -0.4 is 0 Å². The molecule has 0 spiro atoms. The van der Waals surface area contributed by atoms with E-state index >= 15 is 0 Å². The van der Waals surface area contributed by atoms with Crippen molar-refractivity contribution in [1.82, 2.24) is 4.90 Å². The Kier molecular flexibility index (Phi) is 0.825. The van der Waals surface area contributed by atoms with Gasteiger partial charge in [-0.25, -0.2) is 0 Å². The summed E-state index contributed by atoms with van der Waals surface area (Å²) in [6.07, 6.45) is 4.17. The Morgan fingerprint density at radius 2 is 2.17 bits per heavy atom. The minimum Gasteiger partial charge on any atom is -0.374 e. The van der Waals surface area contributed by atoms with E-state index in [0.717, 1.165) is 0 Å². The predicted octanol–water partition coefficient (Wildman–Crippen LogP) is 0.836.